The first-order chi connectivity index (χ1) is 10.7. The van der Waals surface area contributed by atoms with Gasteiger partial charge in [-0.05, 0) is 24.6 Å². The summed E-state index contributed by atoms with van der Waals surface area (Å²) in [4.78, 5) is 2.40. The topological polar surface area (TPSA) is 30.9 Å². The van der Waals surface area contributed by atoms with Crippen LogP contribution in [0.5, 0.6) is 0 Å². The molecule has 4 nitrogen and oxygen atoms in total. The lowest BCUT2D eigenvalue weighted by atomic mass is 10.2. The van der Waals surface area contributed by atoms with Gasteiger partial charge in [0.1, 0.15) is 0 Å². The van der Waals surface area contributed by atoms with Crippen molar-refractivity contribution in [1.29, 1.82) is 0 Å². The molecule has 0 aromatic heterocycles. The maximum atomic E-state index is 6.26. The van der Waals surface area contributed by atoms with Gasteiger partial charge in [0, 0.05) is 32.5 Å². The van der Waals surface area contributed by atoms with E-state index in [-0.39, 0.29) is 0 Å². The molecule has 0 radical (unpaired) electrons. The molecule has 0 saturated carbocycles. The van der Waals surface area contributed by atoms with Gasteiger partial charge in [0.2, 0.25) is 0 Å². The van der Waals surface area contributed by atoms with Crippen LogP contribution in [0.25, 0.3) is 6.08 Å². The van der Waals surface area contributed by atoms with Gasteiger partial charge in [-0.1, -0.05) is 36.9 Å². The lowest BCUT2D eigenvalue weighted by molar-refractivity contribution is 0.0389. The van der Waals surface area contributed by atoms with Crippen LogP contribution in [-0.2, 0) is 13.6 Å². The predicted molar refractivity (Wildman–Crippen MR) is 92.4 cm³/mol. The average molecular weight is 321 g/mol. The Kier molecular flexibility index (Phi) is 6.79. The van der Waals surface area contributed by atoms with Crippen molar-refractivity contribution in [2.75, 3.05) is 45.7 Å². The summed E-state index contributed by atoms with van der Waals surface area (Å²) in [5, 5.41) is 1.18. The summed E-state index contributed by atoms with van der Waals surface area (Å²) in [6, 6.07) is 8.41. The highest BCUT2D eigenvalue weighted by Crippen LogP contribution is 2.14. The molecule has 0 amide bonds. The third kappa shape index (κ3) is 4.27. The van der Waals surface area contributed by atoms with Crippen molar-refractivity contribution >= 4 is 19.8 Å². The molecule has 1 aromatic rings. The first kappa shape index (κ1) is 17.4. The predicted octanol–water partition coefficient (Wildman–Crippen LogP) is 1.92. The van der Waals surface area contributed by atoms with Gasteiger partial charge in [-0.25, -0.2) is 0 Å². The fraction of sp³-hybridized carbons (Fsp3) is 0.529. The third-order valence-electron chi connectivity index (χ3n) is 3.85. The first-order valence-electron chi connectivity index (χ1n) is 8.05. The summed E-state index contributed by atoms with van der Waals surface area (Å²) in [6.07, 6.45) is 2.72. The fourth-order valence-electron chi connectivity index (χ4n) is 2.81. The van der Waals surface area contributed by atoms with Gasteiger partial charge in [-0.3, -0.25) is 4.90 Å². The Hall–Kier alpha value is -0.983. The second kappa shape index (κ2) is 8.60. The summed E-state index contributed by atoms with van der Waals surface area (Å²) in [7, 11) is -2.48. The number of rotatable bonds is 8. The number of morpholine rings is 1. The molecule has 5 heteroatoms. The van der Waals surface area contributed by atoms with E-state index in [1.807, 2.05) is 19.9 Å². The maximum Gasteiger partial charge on any atom is 0.387 e. The summed E-state index contributed by atoms with van der Waals surface area (Å²) < 4.78 is 18.0. The van der Waals surface area contributed by atoms with Gasteiger partial charge >= 0.3 is 8.56 Å². The van der Waals surface area contributed by atoms with Crippen molar-refractivity contribution in [3.05, 3.63) is 36.4 Å². The van der Waals surface area contributed by atoms with Crippen LogP contribution in [0.1, 0.15) is 19.4 Å². The van der Waals surface area contributed by atoms with Crippen LogP contribution in [0, 0.1) is 0 Å². The Morgan fingerprint density at radius 2 is 1.91 bits per heavy atom. The summed E-state index contributed by atoms with van der Waals surface area (Å²) in [5.74, 6) is 0. The van der Waals surface area contributed by atoms with Gasteiger partial charge in [-0.15, -0.1) is 0 Å². The number of benzene rings is 1. The molecule has 1 aliphatic heterocycles. The minimum atomic E-state index is -2.48. The SMILES string of the molecule is C=Cc1cccc([Si](CN2CCOCC2)(OCC)OCC)c1. The Morgan fingerprint density at radius 1 is 1.23 bits per heavy atom. The number of hydrogen-bond donors (Lipinski definition) is 0. The Balaban J connectivity index is 2.30. The molecule has 1 aliphatic rings. The monoisotopic (exact) mass is 321 g/mol. The van der Waals surface area contributed by atoms with Gasteiger partial charge < -0.3 is 13.6 Å². The van der Waals surface area contributed by atoms with Crippen LogP contribution in [0.2, 0.25) is 0 Å². The number of ether oxygens (including phenoxy) is 1. The Labute approximate surface area is 134 Å². The number of nitrogens with zero attached hydrogens (tertiary/aromatic N) is 1. The van der Waals surface area contributed by atoms with E-state index >= 15 is 0 Å². The Bertz CT molecular complexity index is 469. The van der Waals surface area contributed by atoms with Crippen LogP contribution < -0.4 is 5.19 Å². The van der Waals surface area contributed by atoms with Crippen LogP contribution in [0.15, 0.2) is 30.8 Å². The molecule has 0 N–H and O–H groups in total. The van der Waals surface area contributed by atoms with Crippen molar-refractivity contribution in [3.8, 4) is 0 Å². The van der Waals surface area contributed by atoms with Gasteiger partial charge in [0.05, 0.1) is 13.2 Å². The number of hydrogen-bond acceptors (Lipinski definition) is 4. The van der Waals surface area contributed by atoms with Crippen LogP contribution >= 0.6 is 0 Å². The maximum absolute atomic E-state index is 6.26. The van der Waals surface area contributed by atoms with Crippen LogP contribution in [0.4, 0.5) is 0 Å². The first-order valence-corrected chi connectivity index (χ1v) is 10.1. The summed E-state index contributed by atoms with van der Waals surface area (Å²) in [5.41, 5.74) is 1.11. The minimum Gasteiger partial charge on any atom is -0.391 e. The van der Waals surface area contributed by atoms with E-state index in [9.17, 15) is 0 Å². The lowest BCUT2D eigenvalue weighted by Gasteiger charge is -2.36. The van der Waals surface area contributed by atoms with E-state index in [2.05, 4.69) is 35.7 Å². The molecule has 1 heterocycles. The van der Waals surface area contributed by atoms with Crippen molar-refractivity contribution in [3.63, 3.8) is 0 Å². The zero-order valence-corrected chi connectivity index (χ0v) is 14.7. The van der Waals surface area contributed by atoms with Crippen molar-refractivity contribution in [2.24, 2.45) is 0 Å². The fourth-order valence-corrected chi connectivity index (χ4v) is 6.17. The molecule has 22 heavy (non-hydrogen) atoms. The molecule has 0 aliphatic carbocycles. The van der Waals surface area contributed by atoms with Crippen molar-refractivity contribution in [2.45, 2.75) is 13.8 Å². The second-order valence-electron chi connectivity index (χ2n) is 5.34. The zero-order chi connectivity index (χ0) is 15.8. The molecule has 122 valence electrons. The summed E-state index contributed by atoms with van der Waals surface area (Å²) >= 11 is 0. The second-order valence-corrected chi connectivity index (χ2v) is 8.31. The van der Waals surface area contributed by atoms with Gasteiger partial charge in [0.15, 0.2) is 0 Å². The molecular formula is C17H27NO3Si. The van der Waals surface area contributed by atoms with E-state index in [1.54, 1.807) is 0 Å². The van der Waals surface area contributed by atoms with Crippen molar-refractivity contribution < 1.29 is 13.6 Å². The quantitative estimate of drug-likeness (QED) is 0.685. The van der Waals surface area contributed by atoms with E-state index in [0.29, 0.717) is 13.2 Å². The molecule has 0 unspecified atom stereocenters. The summed E-state index contributed by atoms with van der Waals surface area (Å²) in [6.45, 7) is 12.7. The van der Waals surface area contributed by atoms with E-state index in [4.69, 9.17) is 13.6 Å². The van der Waals surface area contributed by atoms with Crippen LogP contribution in [0.3, 0.4) is 0 Å². The van der Waals surface area contributed by atoms with E-state index in [0.717, 1.165) is 38.0 Å². The molecule has 1 saturated heterocycles. The standard InChI is InChI=1S/C17H27NO3Si/c1-4-16-8-7-9-17(14-16)22(20-5-2,21-6-3)15-18-10-12-19-13-11-18/h4,7-9,14H,1,5-6,10-13,15H2,2-3H3. The highest BCUT2D eigenvalue weighted by molar-refractivity contribution is 6.81. The van der Waals surface area contributed by atoms with E-state index in [1.165, 1.54) is 5.19 Å². The molecule has 0 bridgehead atoms. The molecule has 1 aromatic carbocycles. The minimum absolute atomic E-state index is 0.662. The molecule has 1 fully saturated rings. The largest absolute Gasteiger partial charge is 0.391 e. The van der Waals surface area contributed by atoms with Gasteiger partial charge in [0.25, 0.3) is 0 Å². The third-order valence-corrected chi connectivity index (χ3v) is 7.42. The normalized spacial score (nSPS) is 16.6. The molecule has 0 atom stereocenters. The van der Waals surface area contributed by atoms with Crippen molar-refractivity contribution in [1.82, 2.24) is 4.90 Å². The molecule has 2 rings (SSSR count). The van der Waals surface area contributed by atoms with E-state index < -0.39 is 8.56 Å². The van der Waals surface area contributed by atoms with Gasteiger partial charge in [-0.2, -0.15) is 0 Å². The molecule has 0 spiro atoms. The molecular weight excluding hydrogens is 294 g/mol. The smallest absolute Gasteiger partial charge is 0.387 e. The Morgan fingerprint density at radius 3 is 2.50 bits per heavy atom. The highest BCUT2D eigenvalue weighted by Gasteiger charge is 2.42. The van der Waals surface area contributed by atoms with Crippen LogP contribution in [-0.4, -0.2) is 59.1 Å². The average Bonchev–Trinajstić information content (AvgIpc) is 2.56. The highest BCUT2D eigenvalue weighted by atomic mass is 28.4. The lowest BCUT2D eigenvalue weighted by Crippen LogP contribution is -2.62. The zero-order valence-electron chi connectivity index (χ0n) is 13.7.